The van der Waals surface area contributed by atoms with E-state index < -0.39 is 0 Å². The molecule has 2 aromatic carbocycles. The first kappa shape index (κ1) is 14.3. The van der Waals surface area contributed by atoms with Gasteiger partial charge < -0.3 is 4.90 Å². The standard InChI is InChI=1S/C18H22N2/c1-18(2,3)19-15-20(17-12-8-5-9-13-17)14-16-10-6-4-7-11-16/h4-13,15H,14H2,1-3H3/b19-15+. The predicted octanol–water partition coefficient (Wildman–Crippen LogP) is 4.52. The largest absolute Gasteiger partial charge is 0.328 e. The normalized spacial score (nSPS) is 11.8. The Hall–Kier alpha value is -2.09. The fraction of sp³-hybridized carbons (Fsp3) is 0.278. The zero-order chi connectivity index (χ0) is 14.4. The third-order valence-electron chi connectivity index (χ3n) is 2.87. The van der Waals surface area contributed by atoms with Crippen molar-refractivity contribution in [2.45, 2.75) is 32.9 Å². The van der Waals surface area contributed by atoms with E-state index in [-0.39, 0.29) is 5.54 Å². The molecule has 0 aromatic heterocycles. The van der Waals surface area contributed by atoms with Crippen LogP contribution in [-0.2, 0) is 6.54 Å². The third kappa shape index (κ3) is 4.54. The van der Waals surface area contributed by atoms with E-state index in [1.807, 2.05) is 18.5 Å². The summed E-state index contributed by atoms with van der Waals surface area (Å²) in [6.45, 7) is 7.14. The molecule has 0 aliphatic heterocycles. The number of aliphatic imine (C=N–C) groups is 1. The zero-order valence-corrected chi connectivity index (χ0v) is 12.5. The summed E-state index contributed by atoms with van der Waals surface area (Å²) in [4.78, 5) is 6.81. The molecule has 2 aromatic rings. The van der Waals surface area contributed by atoms with Crippen molar-refractivity contribution >= 4 is 12.0 Å². The SMILES string of the molecule is CC(C)(C)/N=C/N(Cc1ccccc1)c1ccccc1. The summed E-state index contributed by atoms with van der Waals surface area (Å²) in [5, 5.41) is 0. The molecule has 0 saturated carbocycles. The van der Waals surface area contributed by atoms with Gasteiger partial charge in [0.1, 0.15) is 0 Å². The number of hydrogen-bond acceptors (Lipinski definition) is 1. The van der Waals surface area contributed by atoms with Crippen LogP contribution in [0.25, 0.3) is 0 Å². The van der Waals surface area contributed by atoms with Gasteiger partial charge in [0, 0.05) is 12.2 Å². The topological polar surface area (TPSA) is 15.6 Å². The third-order valence-corrected chi connectivity index (χ3v) is 2.87. The van der Waals surface area contributed by atoms with Crippen molar-refractivity contribution < 1.29 is 0 Å². The van der Waals surface area contributed by atoms with Crippen LogP contribution in [0.2, 0.25) is 0 Å². The second kappa shape index (κ2) is 6.38. The predicted molar refractivity (Wildman–Crippen MR) is 87.3 cm³/mol. The van der Waals surface area contributed by atoms with Crippen molar-refractivity contribution in [3.8, 4) is 0 Å². The molecule has 2 heteroatoms. The molecule has 104 valence electrons. The van der Waals surface area contributed by atoms with Gasteiger partial charge in [0.2, 0.25) is 0 Å². The van der Waals surface area contributed by atoms with Gasteiger partial charge in [-0.2, -0.15) is 0 Å². The maximum absolute atomic E-state index is 4.63. The van der Waals surface area contributed by atoms with Crippen LogP contribution in [0, 0.1) is 0 Å². The first-order valence-electron chi connectivity index (χ1n) is 6.95. The molecule has 0 amide bonds. The molecule has 20 heavy (non-hydrogen) atoms. The molecule has 0 atom stereocenters. The van der Waals surface area contributed by atoms with Crippen molar-refractivity contribution in [3.05, 3.63) is 66.2 Å². The second-order valence-electron chi connectivity index (χ2n) is 5.86. The van der Waals surface area contributed by atoms with Crippen LogP contribution < -0.4 is 4.90 Å². The van der Waals surface area contributed by atoms with Gasteiger partial charge >= 0.3 is 0 Å². The average molecular weight is 266 g/mol. The molecule has 2 nitrogen and oxygen atoms in total. The number of rotatable bonds is 4. The summed E-state index contributed by atoms with van der Waals surface area (Å²) in [6.07, 6.45) is 1.95. The van der Waals surface area contributed by atoms with E-state index in [2.05, 4.69) is 79.2 Å². The lowest BCUT2D eigenvalue weighted by molar-refractivity contribution is 0.584. The Bertz CT molecular complexity index is 539. The van der Waals surface area contributed by atoms with Gasteiger partial charge in [-0.1, -0.05) is 48.5 Å². The molecule has 0 bridgehead atoms. The highest BCUT2D eigenvalue weighted by Gasteiger charge is 2.09. The molecule has 0 saturated heterocycles. The summed E-state index contributed by atoms with van der Waals surface area (Å²) in [5.74, 6) is 0. The Morgan fingerprint density at radius 3 is 2.00 bits per heavy atom. The van der Waals surface area contributed by atoms with Gasteiger partial charge in [0.15, 0.2) is 0 Å². The lowest BCUT2D eigenvalue weighted by Gasteiger charge is -2.22. The first-order valence-corrected chi connectivity index (χ1v) is 6.95. The van der Waals surface area contributed by atoms with E-state index in [0.29, 0.717) is 0 Å². The molecule has 0 fully saturated rings. The summed E-state index contributed by atoms with van der Waals surface area (Å²) < 4.78 is 0. The maximum Gasteiger partial charge on any atom is 0.0904 e. The molecule has 0 N–H and O–H groups in total. The molecule has 0 heterocycles. The van der Waals surface area contributed by atoms with E-state index in [0.717, 1.165) is 12.2 Å². The number of hydrogen-bond donors (Lipinski definition) is 0. The van der Waals surface area contributed by atoms with Gasteiger partial charge in [0.25, 0.3) is 0 Å². The Labute approximate surface area is 121 Å². The fourth-order valence-corrected chi connectivity index (χ4v) is 1.84. The summed E-state index contributed by atoms with van der Waals surface area (Å²) >= 11 is 0. The van der Waals surface area contributed by atoms with Gasteiger partial charge in [0.05, 0.1) is 11.9 Å². The molecule has 2 rings (SSSR count). The van der Waals surface area contributed by atoms with Crippen LogP contribution in [0.3, 0.4) is 0 Å². The van der Waals surface area contributed by atoms with Gasteiger partial charge in [-0.05, 0) is 38.5 Å². The van der Waals surface area contributed by atoms with E-state index in [1.165, 1.54) is 5.56 Å². The van der Waals surface area contributed by atoms with Gasteiger partial charge in [-0.25, -0.2) is 0 Å². The molecule has 0 unspecified atom stereocenters. The first-order chi connectivity index (χ1) is 9.54. The fourth-order valence-electron chi connectivity index (χ4n) is 1.84. The summed E-state index contributed by atoms with van der Waals surface area (Å²) in [5.41, 5.74) is 2.37. The Kier molecular flexibility index (Phi) is 4.57. The second-order valence-corrected chi connectivity index (χ2v) is 5.86. The van der Waals surface area contributed by atoms with Crippen molar-refractivity contribution in [2.75, 3.05) is 4.90 Å². The van der Waals surface area contributed by atoms with Crippen LogP contribution in [0.4, 0.5) is 5.69 Å². The van der Waals surface area contributed by atoms with Gasteiger partial charge in [-0.3, -0.25) is 4.99 Å². The number of nitrogens with zero attached hydrogens (tertiary/aromatic N) is 2. The smallest absolute Gasteiger partial charge is 0.0904 e. The minimum absolute atomic E-state index is 0.0658. The minimum atomic E-state index is -0.0658. The van der Waals surface area contributed by atoms with Crippen molar-refractivity contribution in [1.29, 1.82) is 0 Å². The Morgan fingerprint density at radius 1 is 0.900 bits per heavy atom. The van der Waals surface area contributed by atoms with Crippen LogP contribution in [0.5, 0.6) is 0 Å². The lowest BCUT2D eigenvalue weighted by Crippen LogP contribution is -2.23. The van der Waals surface area contributed by atoms with Gasteiger partial charge in [-0.15, -0.1) is 0 Å². The molecular formula is C18H22N2. The van der Waals surface area contributed by atoms with E-state index in [1.54, 1.807) is 0 Å². The van der Waals surface area contributed by atoms with Crippen LogP contribution in [-0.4, -0.2) is 11.9 Å². The quantitative estimate of drug-likeness (QED) is 0.587. The molecule has 0 aliphatic rings. The Balaban J connectivity index is 2.23. The van der Waals surface area contributed by atoms with Crippen molar-refractivity contribution in [1.82, 2.24) is 0 Å². The van der Waals surface area contributed by atoms with Crippen molar-refractivity contribution in [3.63, 3.8) is 0 Å². The van der Waals surface area contributed by atoms with E-state index in [4.69, 9.17) is 0 Å². The van der Waals surface area contributed by atoms with E-state index in [9.17, 15) is 0 Å². The highest BCUT2D eigenvalue weighted by Crippen LogP contribution is 2.16. The molecule has 0 aliphatic carbocycles. The number of benzene rings is 2. The maximum atomic E-state index is 4.63. The number of para-hydroxylation sites is 1. The molecular weight excluding hydrogens is 244 g/mol. The monoisotopic (exact) mass is 266 g/mol. The lowest BCUT2D eigenvalue weighted by atomic mass is 10.1. The van der Waals surface area contributed by atoms with Crippen molar-refractivity contribution in [2.24, 2.45) is 4.99 Å². The summed E-state index contributed by atoms with van der Waals surface area (Å²) in [6, 6.07) is 20.8. The van der Waals surface area contributed by atoms with Crippen LogP contribution >= 0.6 is 0 Å². The number of anilines is 1. The summed E-state index contributed by atoms with van der Waals surface area (Å²) in [7, 11) is 0. The van der Waals surface area contributed by atoms with E-state index >= 15 is 0 Å². The highest BCUT2D eigenvalue weighted by atomic mass is 15.2. The minimum Gasteiger partial charge on any atom is -0.328 e. The van der Waals surface area contributed by atoms with Crippen LogP contribution in [0.1, 0.15) is 26.3 Å². The highest BCUT2D eigenvalue weighted by molar-refractivity contribution is 5.79. The zero-order valence-electron chi connectivity index (χ0n) is 12.5. The Morgan fingerprint density at radius 2 is 1.45 bits per heavy atom. The average Bonchev–Trinajstić information content (AvgIpc) is 2.44. The molecule has 0 spiro atoms. The van der Waals surface area contributed by atoms with Crippen LogP contribution in [0.15, 0.2) is 65.7 Å². The molecule has 0 radical (unpaired) electrons.